The quantitative estimate of drug-likeness (QED) is 0.186. The van der Waals surface area contributed by atoms with Crippen molar-refractivity contribution in [1.82, 2.24) is 0 Å². The maximum Gasteiger partial charge on any atom is -1.00 e. The average Bonchev–Trinajstić information content (AvgIpc) is 3.52. The first-order chi connectivity index (χ1) is 20.1. The van der Waals surface area contributed by atoms with Crippen LogP contribution >= 0.6 is 0 Å². The van der Waals surface area contributed by atoms with Gasteiger partial charge >= 0.3 is 252 Å². The Morgan fingerprint density at radius 2 is 1.05 bits per heavy atom. The summed E-state index contributed by atoms with van der Waals surface area (Å²) in [5.41, 5.74) is 13.1. The molecule has 0 aromatic heterocycles. The van der Waals surface area contributed by atoms with Crippen molar-refractivity contribution in [3.63, 3.8) is 0 Å². The fourth-order valence-electron chi connectivity index (χ4n) is 7.71. The van der Waals surface area contributed by atoms with Gasteiger partial charge in [-0.1, -0.05) is 0 Å². The fraction of sp³-hybridized carbons (Fsp3) is 0.128. The van der Waals surface area contributed by atoms with E-state index in [1.807, 2.05) is 0 Å². The smallest absolute Gasteiger partial charge is 1.00 e. The normalized spacial score (nSPS) is 14.6. The molecule has 0 nitrogen and oxygen atoms in total. The third-order valence-corrected chi connectivity index (χ3v) is 28.9. The third-order valence-electron chi connectivity index (χ3n) is 9.37. The van der Waals surface area contributed by atoms with Crippen LogP contribution in [0.4, 0.5) is 0 Å². The van der Waals surface area contributed by atoms with E-state index < -0.39 is 25.8 Å². The molecule has 0 amide bonds. The number of halogens is 2. The molecule has 1 unspecified atom stereocenters. The van der Waals surface area contributed by atoms with Gasteiger partial charge in [-0.2, -0.15) is 0 Å². The van der Waals surface area contributed by atoms with Gasteiger partial charge in [0.1, 0.15) is 0 Å². The summed E-state index contributed by atoms with van der Waals surface area (Å²) in [7, 11) is 0. The molecule has 6 aromatic rings. The van der Waals surface area contributed by atoms with E-state index in [0.717, 1.165) is 0 Å². The second-order valence-electron chi connectivity index (χ2n) is 11.9. The molecule has 0 spiro atoms. The number of rotatable bonds is 3. The Morgan fingerprint density at radius 3 is 1.72 bits per heavy atom. The third kappa shape index (κ3) is 4.74. The van der Waals surface area contributed by atoms with Crippen molar-refractivity contribution in [1.29, 1.82) is 0 Å². The Hall–Kier alpha value is -2.74. The molecular weight excluding hydrogens is 659 g/mol. The average molecular weight is 691 g/mol. The van der Waals surface area contributed by atoms with E-state index in [2.05, 4.69) is 147 Å². The van der Waals surface area contributed by atoms with Crippen LogP contribution < -0.4 is 24.8 Å². The summed E-state index contributed by atoms with van der Waals surface area (Å²) >= 11 is -2.15. The van der Waals surface area contributed by atoms with Crippen LogP contribution in [0.1, 0.15) is 36.4 Å². The number of hydrogen-bond donors (Lipinski definition) is 0. The summed E-state index contributed by atoms with van der Waals surface area (Å²) in [4.78, 5) is 0. The van der Waals surface area contributed by atoms with Gasteiger partial charge in [-0.05, 0) is 0 Å². The Bertz CT molecular complexity index is 2060. The van der Waals surface area contributed by atoms with Gasteiger partial charge in [-0.3, -0.25) is 0 Å². The van der Waals surface area contributed by atoms with E-state index in [4.69, 9.17) is 0 Å². The second-order valence-corrected chi connectivity index (χ2v) is 29.8. The van der Waals surface area contributed by atoms with Crippen LogP contribution in [0.5, 0.6) is 0 Å². The van der Waals surface area contributed by atoms with Crippen molar-refractivity contribution in [3.05, 3.63) is 149 Å². The molecule has 2 aliphatic rings. The molecule has 0 radical (unpaired) electrons. The second kappa shape index (κ2) is 12.0. The van der Waals surface area contributed by atoms with Crippen molar-refractivity contribution < 1.29 is 45.2 Å². The molecule has 0 saturated carbocycles. The van der Waals surface area contributed by atoms with Crippen molar-refractivity contribution in [2.45, 2.75) is 27.3 Å². The number of benzene rings is 6. The molecule has 210 valence electrons. The number of fused-ring (bicyclic) bond motifs is 7. The summed E-state index contributed by atoms with van der Waals surface area (Å²) in [5, 5.41) is 5.35. The van der Waals surface area contributed by atoms with E-state index in [1.165, 1.54) is 49.4 Å². The van der Waals surface area contributed by atoms with Gasteiger partial charge in [0.25, 0.3) is 0 Å². The van der Waals surface area contributed by atoms with Crippen LogP contribution in [0, 0.1) is 0 Å². The van der Waals surface area contributed by atoms with Crippen LogP contribution in [0.3, 0.4) is 0 Å². The van der Waals surface area contributed by atoms with E-state index in [9.17, 15) is 0 Å². The van der Waals surface area contributed by atoms with Crippen LogP contribution in [-0.4, -0.2) is 5.43 Å². The van der Waals surface area contributed by atoms with Gasteiger partial charge < -0.3 is 24.8 Å². The van der Waals surface area contributed by atoms with Crippen molar-refractivity contribution in [2.24, 2.45) is 0 Å². The van der Waals surface area contributed by atoms with Crippen molar-refractivity contribution in [2.75, 3.05) is 0 Å². The molecule has 1 atom stereocenters. The van der Waals surface area contributed by atoms with Gasteiger partial charge in [-0.15, -0.1) is 0 Å². The molecule has 2 aliphatic carbocycles. The van der Waals surface area contributed by atoms with Crippen molar-refractivity contribution >= 4 is 33.1 Å². The van der Waals surface area contributed by atoms with E-state index in [-0.39, 0.29) is 24.8 Å². The Labute approximate surface area is 274 Å². The fourth-order valence-corrected chi connectivity index (χ4v) is 28.0. The molecule has 0 bridgehead atoms. The van der Waals surface area contributed by atoms with Crippen LogP contribution in [0.2, 0.25) is 13.1 Å². The van der Waals surface area contributed by atoms with Crippen LogP contribution in [0.15, 0.2) is 127 Å². The summed E-state index contributed by atoms with van der Waals surface area (Å²) in [6, 6.07) is 46.0. The van der Waals surface area contributed by atoms with Gasteiger partial charge in [0.05, 0.1) is 0 Å². The van der Waals surface area contributed by atoms with E-state index >= 15 is 0 Å². The molecule has 43 heavy (non-hydrogen) atoms. The first-order valence-corrected chi connectivity index (χ1v) is 23.7. The SMILES string of the molecule is CC1=Cc2c(-c3cc4ccccc4c4ccccc34)cccc2[CH]1[Zr+2]([CH]1c2ccccc2-c2ccccc21)=[Si](C)C.[Cl-].[Cl-]. The van der Waals surface area contributed by atoms with Crippen molar-refractivity contribution in [3.8, 4) is 22.3 Å². The molecule has 8 rings (SSSR count). The number of hydrogen-bond acceptors (Lipinski definition) is 0. The number of allylic oxidation sites excluding steroid dienone is 1. The van der Waals surface area contributed by atoms with E-state index in [1.54, 1.807) is 22.3 Å². The van der Waals surface area contributed by atoms with Gasteiger partial charge in [0.2, 0.25) is 0 Å². The van der Waals surface area contributed by atoms with Gasteiger partial charge in [-0.25, -0.2) is 0 Å². The molecule has 6 aromatic carbocycles. The molecular formula is C39H32Cl2SiZr. The molecule has 0 aliphatic heterocycles. The molecule has 0 heterocycles. The summed E-state index contributed by atoms with van der Waals surface area (Å²) in [6.07, 6.45) is 2.57. The maximum absolute atomic E-state index is 2.62. The standard InChI is InChI=1S/C24H17.C13H9.C2H6Si.2ClH.Zr/c1-16-13-17-8-6-12-22(23(17)14-16)24-15-18-7-2-3-9-19(18)20-10-4-5-11-21(20)24;1-3-7-12-10(5-1)9-11-6-2-4-8-13(11)12;1-3-2;;;/h2-15H,1H3;1-9H;1-2H3;2*1H;/q;;;;;+2/p-2. The first-order valence-electron chi connectivity index (χ1n) is 14.7. The maximum atomic E-state index is 2.62. The summed E-state index contributed by atoms with van der Waals surface area (Å²) in [5.74, 6) is 0. The predicted octanol–water partition coefficient (Wildman–Crippen LogP) is 4.77. The minimum Gasteiger partial charge on any atom is -1.00 e. The zero-order valence-corrected chi connectivity index (χ0v) is 29.5. The first kappa shape index (κ1) is 30.3. The van der Waals surface area contributed by atoms with Gasteiger partial charge in [0, 0.05) is 0 Å². The zero-order chi connectivity index (χ0) is 27.7. The summed E-state index contributed by atoms with van der Waals surface area (Å²) < 4.78 is 1.24. The predicted molar refractivity (Wildman–Crippen MR) is 174 cm³/mol. The minimum absolute atomic E-state index is 0. The Kier molecular flexibility index (Phi) is 8.44. The molecule has 0 N–H and O–H groups in total. The zero-order valence-electron chi connectivity index (χ0n) is 24.5. The topological polar surface area (TPSA) is 0 Å². The summed E-state index contributed by atoms with van der Waals surface area (Å²) in [6.45, 7) is 7.68. The van der Waals surface area contributed by atoms with Crippen LogP contribution in [-0.2, 0) is 20.4 Å². The van der Waals surface area contributed by atoms with Gasteiger partial charge in [0.15, 0.2) is 0 Å². The monoisotopic (exact) mass is 688 g/mol. The largest absolute Gasteiger partial charge is 1.00 e. The minimum atomic E-state index is -2.15. The Balaban J connectivity index is 0.00000165. The molecule has 4 heteroatoms. The Morgan fingerprint density at radius 1 is 0.512 bits per heavy atom. The molecule has 0 saturated heterocycles. The van der Waals surface area contributed by atoms with E-state index in [0.29, 0.717) is 7.25 Å². The molecule has 0 fully saturated rings. The van der Waals surface area contributed by atoms with Crippen LogP contribution in [0.25, 0.3) is 49.9 Å².